The Bertz CT molecular complexity index is 622. The van der Waals surface area contributed by atoms with Crippen molar-refractivity contribution in [2.45, 2.75) is 32.2 Å². The first-order valence-corrected chi connectivity index (χ1v) is 9.75. The average molecular weight is 343 g/mol. The minimum Gasteiger partial charge on any atom is -0.388 e. The van der Waals surface area contributed by atoms with E-state index >= 15 is 0 Å². The van der Waals surface area contributed by atoms with E-state index < -0.39 is 10.0 Å². The molecule has 1 aromatic carbocycles. The maximum atomic E-state index is 13.3. The summed E-state index contributed by atoms with van der Waals surface area (Å²) >= 11 is 0. The number of nitrogens with one attached hydrogen (secondary N) is 2. The summed E-state index contributed by atoms with van der Waals surface area (Å²) in [6, 6.07) is 4.64. The van der Waals surface area contributed by atoms with E-state index in [0.717, 1.165) is 17.7 Å². The molecule has 2 N–H and O–H groups in total. The average Bonchev–Trinajstić information content (AvgIpc) is 2.53. The largest absolute Gasteiger partial charge is 0.388 e. The van der Waals surface area contributed by atoms with Crippen LogP contribution in [-0.2, 0) is 16.4 Å². The zero-order valence-electron chi connectivity index (χ0n) is 13.8. The highest BCUT2D eigenvalue weighted by molar-refractivity contribution is 7.89. The Morgan fingerprint density at radius 2 is 2.22 bits per heavy atom. The number of rotatable bonds is 7. The van der Waals surface area contributed by atoms with E-state index in [2.05, 4.69) is 10.6 Å². The number of hydrogen-bond acceptors (Lipinski definition) is 4. The van der Waals surface area contributed by atoms with Crippen LogP contribution in [0.15, 0.2) is 18.2 Å². The first kappa shape index (κ1) is 18.2. The summed E-state index contributed by atoms with van der Waals surface area (Å²) in [6.07, 6.45) is 2.05. The van der Waals surface area contributed by atoms with Gasteiger partial charge in [0.25, 0.3) is 0 Å². The Labute approximate surface area is 138 Å². The van der Waals surface area contributed by atoms with Gasteiger partial charge in [-0.15, -0.1) is 0 Å². The van der Waals surface area contributed by atoms with Crippen molar-refractivity contribution >= 4 is 15.7 Å². The molecular formula is C16H26FN3O2S. The molecule has 0 spiro atoms. The molecule has 0 saturated carbocycles. The Morgan fingerprint density at radius 3 is 2.91 bits per heavy atom. The summed E-state index contributed by atoms with van der Waals surface area (Å²) in [7, 11) is -1.43. The Balaban J connectivity index is 2.08. The van der Waals surface area contributed by atoms with Crippen molar-refractivity contribution < 1.29 is 12.8 Å². The van der Waals surface area contributed by atoms with Crippen LogP contribution < -0.4 is 10.6 Å². The van der Waals surface area contributed by atoms with Gasteiger partial charge < -0.3 is 10.6 Å². The third-order valence-electron chi connectivity index (χ3n) is 4.20. The van der Waals surface area contributed by atoms with E-state index in [4.69, 9.17) is 0 Å². The van der Waals surface area contributed by atoms with Crippen LogP contribution in [0.3, 0.4) is 0 Å². The predicted molar refractivity (Wildman–Crippen MR) is 91.7 cm³/mol. The molecule has 5 nitrogen and oxygen atoms in total. The number of anilines is 1. The first-order valence-electron chi connectivity index (χ1n) is 8.14. The summed E-state index contributed by atoms with van der Waals surface area (Å²) in [6.45, 7) is 3.76. The number of halogens is 1. The Morgan fingerprint density at radius 1 is 1.43 bits per heavy atom. The summed E-state index contributed by atoms with van der Waals surface area (Å²) < 4.78 is 39.8. The molecular weight excluding hydrogens is 317 g/mol. The lowest BCUT2D eigenvalue weighted by molar-refractivity contribution is 0.256. The second-order valence-corrected chi connectivity index (χ2v) is 7.92. The van der Waals surface area contributed by atoms with Crippen LogP contribution in [0.1, 0.15) is 25.3 Å². The van der Waals surface area contributed by atoms with E-state index in [1.165, 1.54) is 12.1 Å². The number of sulfonamides is 1. The van der Waals surface area contributed by atoms with Crippen molar-refractivity contribution in [2.75, 3.05) is 37.8 Å². The monoisotopic (exact) mass is 343 g/mol. The molecule has 23 heavy (non-hydrogen) atoms. The standard InChI is InChI=1S/C16H26FN3O2S/c1-3-10-23(21,22)20-9-8-19-12-15(20)7-5-13-4-6-14(17)11-16(13)18-2/h4,6,11,15,18-19H,3,5,7-10,12H2,1-2H3. The van der Waals surface area contributed by atoms with Crippen LogP contribution in [0.4, 0.5) is 10.1 Å². The van der Waals surface area contributed by atoms with Crippen LogP contribution in [0.25, 0.3) is 0 Å². The van der Waals surface area contributed by atoms with E-state index in [1.54, 1.807) is 17.4 Å². The van der Waals surface area contributed by atoms with E-state index in [0.29, 0.717) is 32.5 Å². The van der Waals surface area contributed by atoms with Crippen molar-refractivity contribution in [2.24, 2.45) is 0 Å². The molecule has 0 aromatic heterocycles. The minimum absolute atomic E-state index is 0.0462. The van der Waals surface area contributed by atoms with Gasteiger partial charge in [-0.2, -0.15) is 4.31 Å². The molecule has 0 bridgehead atoms. The van der Waals surface area contributed by atoms with Gasteiger partial charge in [0, 0.05) is 38.4 Å². The lowest BCUT2D eigenvalue weighted by atomic mass is 10.0. The molecule has 130 valence electrons. The molecule has 2 rings (SSSR count). The molecule has 0 radical (unpaired) electrons. The van der Waals surface area contributed by atoms with E-state index in [-0.39, 0.29) is 17.6 Å². The molecule has 0 aliphatic carbocycles. The quantitative estimate of drug-likeness (QED) is 0.793. The van der Waals surface area contributed by atoms with Gasteiger partial charge in [-0.05, 0) is 37.0 Å². The highest BCUT2D eigenvalue weighted by atomic mass is 32.2. The van der Waals surface area contributed by atoms with Gasteiger partial charge in [-0.25, -0.2) is 12.8 Å². The van der Waals surface area contributed by atoms with Gasteiger partial charge in [-0.1, -0.05) is 13.0 Å². The number of aryl methyl sites for hydroxylation is 1. The minimum atomic E-state index is -3.19. The van der Waals surface area contributed by atoms with E-state index in [9.17, 15) is 12.8 Å². The Kier molecular flexibility index (Phi) is 6.38. The predicted octanol–water partition coefficient (Wildman–Crippen LogP) is 1.81. The molecule has 1 aromatic rings. The Hall–Kier alpha value is -1.18. The first-order chi connectivity index (χ1) is 11.0. The van der Waals surface area contributed by atoms with Crippen molar-refractivity contribution in [3.63, 3.8) is 0 Å². The smallest absolute Gasteiger partial charge is 0.214 e. The van der Waals surface area contributed by atoms with Gasteiger partial charge in [-0.3, -0.25) is 0 Å². The number of benzene rings is 1. The summed E-state index contributed by atoms with van der Waals surface area (Å²) in [5.41, 5.74) is 1.77. The molecule has 1 fully saturated rings. The lowest BCUT2D eigenvalue weighted by Crippen LogP contribution is -2.54. The molecule has 7 heteroatoms. The van der Waals surface area contributed by atoms with Gasteiger partial charge in [0.15, 0.2) is 0 Å². The third kappa shape index (κ3) is 4.65. The van der Waals surface area contributed by atoms with Crippen molar-refractivity contribution in [3.8, 4) is 0 Å². The lowest BCUT2D eigenvalue weighted by Gasteiger charge is -2.35. The zero-order valence-corrected chi connectivity index (χ0v) is 14.6. The molecule has 1 saturated heterocycles. The highest BCUT2D eigenvalue weighted by Gasteiger charge is 2.31. The second kappa shape index (κ2) is 8.08. The van der Waals surface area contributed by atoms with Crippen LogP contribution >= 0.6 is 0 Å². The normalized spacial score (nSPS) is 19.7. The van der Waals surface area contributed by atoms with Crippen LogP contribution in [0, 0.1) is 5.82 Å². The SMILES string of the molecule is CCCS(=O)(=O)N1CCNCC1CCc1ccc(F)cc1NC. The molecule has 1 aliphatic heterocycles. The van der Waals surface area contributed by atoms with Crippen molar-refractivity contribution in [3.05, 3.63) is 29.6 Å². The fourth-order valence-electron chi connectivity index (χ4n) is 3.05. The fraction of sp³-hybridized carbons (Fsp3) is 0.625. The van der Waals surface area contributed by atoms with Crippen LogP contribution in [-0.4, -0.2) is 51.2 Å². The topological polar surface area (TPSA) is 61.4 Å². The molecule has 0 amide bonds. The maximum Gasteiger partial charge on any atom is 0.214 e. The molecule has 1 atom stereocenters. The number of nitrogens with zero attached hydrogens (tertiary/aromatic N) is 1. The summed E-state index contributed by atoms with van der Waals surface area (Å²) in [4.78, 5) is 0. The highest BCUT2D eigenvalue weighted by Crippen LogP contribution is 2.22. The fourth-order valence-corrected chi connectivity index (χ4v) is 4.81. The van der Waals surface area contributed by atoms with Gasteiger partial charge in [0.05, 0.1) is 5.75 Å². The van der Waals surface area contributed by atoms with Gasteiger partial charge >= 0.3 is 0 Å². The summed E-state index contributed by atoms with van der Waals surface area (Å²) in [5.74, 6) is -0.0773. The van der Waals surface area contributed by atoms with Crippen molar-refractivity contribution in [1.29, 1.82) is 0 Å². The second-order valence-electron chi connectivity index (χ2n) is 5.87. The summed E-state index contributed by atoms with van der Waals surface area (Å²) in [5, 5.41) is 6.27. The van der Waals surface area contributed by atoms with Gasteiger partial charge in [0.2, 0.25) is 10.0 Å². The molecule has 1 unspecified atom stereocenters. The van der Waals surface area contributed by atoms with E-state index in [1.807, 2.05) is 6.92 Å². The van der Waals surface area contributed by atoms with Gasteiger partial charge in [0.1, 0.15) is 5.82 Å². The molecule has 1 heterocycles. The number of piperazine rings is 1. The third-order valence-corrected chi connectivity index (χ3v) is 6.32. The zero-order chi connectivity index (χ0) is 16.9. The number of hydrogen-bond donors (Lipinski definition) is 2. The van der Waals surface area contributed by atoms with Crippen LogP contribution in [0.5, 0.6) is 0 Å². The van der Waals surface area contributed by atoms with Crippen molar-refractivity contribution in [1.82, 2.24) is 9.62 Å². The molecule has 1 aliphatic rings. The van der Waals surface area contributed by atoms with Crippen LogP contribution in [0.2, 0.25) is 0 Å². The maximum absolute atomic E-state index is 13.3.